The molecule has 0 N–H and O–H groups in total. The molecule has 0 saturated heterocycles. The topological polar surface area (TPSA) is 51.5 Å². The van der Waals surface area contributed by atoms with Gasteiger partial charge in [-0.2, -0.15) is 0 Å². The van der Waals surface area contributed by atoms with Crippen LogP contribution in [0.2, 0.25) is 0 Å². The van der Waals surface area contributed by atoms with Crippen molar-refractivity contribution in [3.8, 4) is 0 Å². The van der Waals surface area contributed by atoms with Crippen LogP contribution in [0.4, 0.5) is 10.1 Å². The van der Waals surface area contributed by atoms with Crippen molar-refractivity contribution in [2.45, 2.75) is 13.0 Å². The first-order valence-electron chi connectivity index (χ1n) is 7.64. The van der Waals surface area contributed by atoms with E-state index in [-0.39, 0.29) is 11.7 Å². The predicted octanol–water partition coefficient (Wildman–Crippen LogP) is 3.85. The molecule has 1 amide bonds. The van der Waals surface area contributed by atoms with Crippen LogP contribution in [-0.2, 0) is 9.53 Å². The fourth-order valence-corrected chi connectivity index (χ4v) is 3.62. The highest BCUT2D eigenvalue weighted by Gasteiger charge is 2.27. The molecular formula is C18H17FN2O3S. The molecule has 0 spiro atoms. The molecule has 0 radical (unpaired) electrons. The lowest BCUT2D eigenvalue weighted by atomic mass is 10.2. The van der Waals surface area contributed by atoms with Crippen molar-refractivity contribution < 1.29 is 18.7 Å². The van der Waals surface area contributed by atoms with Gasteiger partial charge in [0.25, 0.3) is 0 Å². The zero-order valence-electron chi connectivity index (χ0n) is 14.0. The van der Waals surface area contributed by atoms with Gasteiger partial charge in [0.1, 0.15) is 17.6 Å². The normalized spacial score (nSPS) is 12.2. The number of carbonyl (C=O) groups excluding carboxylic acids is 2. The molecule has 0 fully saturated rings. The van der Waals surface area contributed by atoms with Crippen molar-refractivity contribution >= 4 is 39.1 Å². The first-order valence-corrected chi connectivity index (χ1v) is 8.52. The average Bonchev–Trinajstić information content (AvgIpc) is 3.20. The van der Waals surface area contributed by atoms with E-state index in [0.717, 1.165) is 10.2 Å². The number of esters is 1. The molecule has 25 heavy (non-hydrogen) atoms. The van der Waals surface area contributed by atoms with Crippen molar-refractivity contribution in [2.75, 3.05) is 19.1 Å². The molecule has 2 aromatic heterocycles. The molecule has 0 aliphatic heterocycles. The van der Waals surface area contributed by atoms with Crippen LogP contribution in [0, 0.1) is 5.82 Å². The number of amides is 1. The molecule has 0 bridgehead atoms. The molecule has 2 heterocycles. The van der Waals surface area contributed by atoms with Crippen LogP contribution < -0.4 is 4.90 Å². The van der Waals surface area contributed by atoms with Gasteiger partial charge < -0.3 is 14.2 Å². The van der Waals surface area contributed by atoms with Crippen molar-refractivity contribution in [2.24, 2.45) is 0 Å². The van der Waals surface area contributed by atoms with E-state index in [9.17, 15) is 14.0 Å². The van der Waals surface area contributed by atoms with Gasteiger partial charge in [-0.05, 0) is 48.7 Å². The molecule has 0 saturated carbocycles. The highest BCUT2D eigenvalue weighted by atomic mass is 32.1. The lowest BCUT2D eigenvalue weighted by molar-refractivity contribution is -0.120. The van der Waals surface area contributed by atoms with Crippen molar-refractivity contribution in [3.63, 3.8) is 0 Å². The largest absolute Gasteiger partial charge is 0.464 e. The lowest BCUT2D eigenvalue weighted by Gasteiger charge is -2.24. The third-order valence-electron chi connectivity index (χ3n) is 4.14. The minimum Gasteiger partial charge on any atom is -0.464 e. The number of thiophene rings is 1. The first-order chi connectivity index (χ1) is 11.9. The predicted molar refractivity (Wildman–Crippen MR) is 95.7 cm³/mol. The molecule has 1 atom stereocenters. The number of rotatable bonds is 4. The second kappa shape index (κ2) is 6.68. The molecule has 7 heteroatoms. The van der Waals surface area contributed by atoms with Gasteiger partial charge in [0.2, 0.25) is 5.91 Å². The zero-order chi connectivity index (χ0) is 18.1. The molecule has 0 aliphatic rings. The van der Waals surface area contributed by atoms with Gasteiger partial charge in [0, 0.05) is 12.7 Å². The number of fused-ring (bicyclic) bond motifs is 1. The number of likely N-dealkylation sites (N-methyl/N-ethyl adjacent to an activating group) is 1. The fraction of sp³-hybridized carbons (Fsp3) is 0.222. The summed E-state index contributed by atoms with van der Waals surface area (Å²) in [5.74, 6) is -1.08. The van der Waals surface area contributed by atoms with Gasteiger partial charge in [-0.15, -0.1) is 11.3 Å². The Bertz CT molecular complexity index is 930. The van der Waals surface area contributed by atoms with Gasteiger partial charge >= 0.3 is 5.97 Å². The van der Waals surface area contributed by atoms with E-state index < -0.39 is 12.0 Å². The Morgan fingerprint density at radius 2 is 1.92 bits per heavy atom. The molecule has 1 aromatic carbocycles. The number of anilines is 1. The molecule has 3 rings (SSSR count). The minimum atomic E-state index is -0.628. The number of methoxy groups -OCH3 is 1. The Kier molecular flexibility index (Phi) is 4.59. The minimum absolute atomic E-state index is 0.222. The number of nitrogens with zero attached hydrogens (tertiary/aromatic N) is 2. The van der Waals surface area contributed by atoms with Crippen LogP contribution in [0.1, 0.15) is 23.5 Å². The van der Waals surface area contributed by atoms with Crippen LogP contribution in [0.25, 0.3) is 10.2 Å². The van der Waals surface area contributed by atoms with Crippen LogP contribution in [-0.4, -0.2) is 30.6 Å². The van der Waals surface area contributed by atoms with E-state index in [4.69, 9.17) is 4.74 Å². The molecule has 0 aliphatic carbocycles. The average molecular weight is 360 g/mol. The summed E-state index contributed by atoms with van der Waals surface area (Å²) in [6, 6.07) is 8.65. The van der Waals surface area contributed by atoms with Crippen molar-refractivity contribution in [1.82, 2.24) is 4.57 Å². The Balaban J connectivity index is 1.99. The number of ether oxygens (including phenoxy) is 1. The molecular weight excluding hydrogens is 343 g/mol. The van der Waals surface area contributed by atoms with Gasteiger partial charge in [-0.25, -0.2) is 9.18 Å². The summed E-state index contributed by atoms with van der Waals surface area (Å²) >= 11 is 1.49. The second-order valence-corrected chi connectivity index (χ2v) is 6.56. The number of benzene rings is 1. The Labute approximate surface area is 148 Å². The quantitative estimate of drug-likeness (QED) is 0.664. The first kappa shape index (κ1) is 17.2. The highest BCUT2D eigenvalue weighted by molar-refractivity contribution is 7.17. The van der Waals surface area contributed by atoms with E-state index in [2.05, 4.69) is 0 Å². The smallest absolute Gasteiger partial charge is 0.354 e. The van der Waals surface area contributed by atoms with E-state index in [0.29, 0.717) is 11.4 Å². The number of hydrogen-bond donors (Lipinski definition) is 0. The Morgan fingerprint density at radius 1 is 1.24 bits per heavy atom. The van der Waals surface area contributed by atoms with Gasteiger partial charge in [0.15, 0.2) is 0 Å². The summed E-state index contributed by atoms with van der Waals surface area (Å²) in [6.45, 7) is 1.73. The Morgan fingerprint density at radius 3 is 2.56 bits per heavy atom. The van der Waals surface area contributed by atoms with E-state index in [1.165, 1.54) is 47.6 Å². The van der Waals surface area contributed by atoms with Crippen LogP contribution >= 0.6 is 11.3 Å². The van der Waals surface area contributed by atoms with Crippen LogP contribution in [0.15, 0.2) is 41.8 Å². The van der Waals surface area contributed by atoms with Crippen molar-refractivity contribution in [1.29, 1.82) is 0 Å². The molecule has 5 nitrogen and oxygen atoms in total. The number of carbonyl (C=O) groups is 2. The molecule has 3 aromatic rings. The SMILES string of the molecule is COC(=O)c1cc2sccc2n1C(C)C(=O)N(C)c1ccc(F)cc1. The Hall–Kier alpha value is -2.67. The van der Waals surface area contributed by atoms with Gasteiger partial charge in [-0.1, -0.05) is 0 Å². The summed E-state index contributed by atoms with van der Waals surface area (Å²) in [5, 5.41) is 1.91. The van der Waals surface area contributed by atoms with Crippen LogP contribution in [0.3, 0.4) is 0 Å². The monoisotopic (exact) mass is 360 g/mol. The van der Waals surface area contributed by atoms with Crippen molar-refractivity contribution in [3.05, 3.63) is 53.3 Å². The molecule has 130 valence electrons. The number of aromatic nitrogens is 1. The summed E-state index contributed by atoms with van der Waals surface area (Å²) in [6.07, 6.45) is 0. The summed E-state index contributed by atoms with van der Waals surface area (Å²) < 4.78 is 20.5. The maximum Gasteiger partial charge on any atom is 0.354 e. The third-order valence-corrected chi connectivity index (χ3v) is 5.00. The lowest BCUT2D eigenvalue weighted by Crippen LogP contribution is -2.34. The third kappa shape index (κ3) is 3.02. The van der Waals surface area contributed by atoms with E-state index in [1.54, 1.807) is 24.6 Å². The highest BCUT2D eigenvalue weighted by Crippen LogP contribution is 2.30. The second-order valence-electron chi connectivity index (χ2n) is 5.61. The van der Waals surface area contributed by atoms with E-state index >= 15 is 0 Å². The maximum atomic E-state index is 13.1. The fourth-order valence-electron chi connectivity index (χ4n) is 2.81. The standard InChI is InChI=1S/C18H17FN2O3S/c1-11(17(22)20(2)13-6-4-12(19)5-7-13)21-14-8-9-25-16(14)10-15(21)18(23)24-3/h4-11H,1-3H3. The van der Waals surface area contributed by atoms with E-state index in [1.807, 2.05) is 11.4 Å². The van der Waals surface area contributed by atoms with Gasteiger partial charge in [0.05, 0.1) is 17.3 Å². The summed E-state index contributed by atoms with van der Waals surface area (Å²) in [4.78, 5) is 26.5. The zero-order valence-corrected chi connectivity index (χ0v) is 14.8. The number of hydrogen-bond acceptors (Lipinski definition) is 4. The summed E-state index contributed by atoms with van der Waals surface area (Å²) in [5.41, 5.74) is 1.71. The maximum absolute atomic E-state index is 13.1. The summed E-state index contributed by atoms with van der Waals surface area (Å²) in [7, 11) is 2.93. The van der Waals surface area contributed by atoms with Crippen LogP contribution in [0.5, 0.6) is 0 Å². The van der Waals surface area contributed by atoms with Gasteiger partial charge in [-0.3, -0.25) is 4.79 Å². The number of halogens is 1. The molecule has 1 unspecified atom stereocenters.